The van der Waals surface area contributed by atoms with Crippen LogP contribution in [0.4, 0.5) is 0 Å². The van der Waals surface area contributed by atoms with Crippen molar-refractivity contribution in [2.24, 2.45) is 5.41 Å². The Balaban J connectivity index is 2.63. The molecule has 4 nitrogen and oxygen atoms in total. The van der Waals surface area contributed by atoms with Crippen LogP contribution >= 0.6 is 15.9 Å². The van der Waals surface area contributed by atoms with E-state index in [0.29, 0.717) is 5.69 Å². The number of rotatable bonds is 2. The molecule has 0 amide bonds. The molecule has 102 valence electrons. The van der Waals surface area contributed by atoms with Gasteiger partial charge < -0.3 is 4.74 Å². The number of fused-ring (bicyclic) bond motifs is 1. The monoisotopic (exact) mass is 324 g/mol. The van der Waals surface area contributed by atoms with Crippen molar-refractivity contribution in [1.29, 1.82) is 0 Å². The molecule has 5 heteroatoms. The van der Waals surface area contributed by atoms with Gasteiger partial charge >= 0.3 is 5.97 Å². The number of aromatic nitrogens is 2. The number of benzene rings is 1. The van der Waals surface area contributed by atoms with Gasteiger partial charge in [-0.2, -0.15) is 5.10 Å². The SMILES string of the molecule is COC(=O)c1nn(CC(C)(C)C)c2cc(Br)ccc12. The molecule has 0 aliphatic carbocycles. The van der Waals surface area contributed by atoms with Crippen LogP contribution in [0.5, 0.6) is 0 Å². The first-order chi connectivity index (χ1) is 8.81. The minimum atomic E-state index is -0.403. The van der Waals surface area contributed by atoms with Crippen LogP contribution in [0.25, 0.3) is 10.9 Å². The predicted octanol–water partition coefficient (Wildman–Crippen LogP) is 3.63. The zero-order valence-electron chi connectivity index (χ0n) is 11.5. The zero-order valence-corrected chi connectivity index (χ0v) is 13.1. The Kier molecular flexibility index (Phi) is 3.67. The third kappa shape index (κ3) is 2.97. The molecule has 0 atom stereocenters. The molecular weight excluding hydrogens is 308 g/mol. The highest BCUT2D eigenvalue weighted by atomic mass is 79.9. The van der Waals surface area contributed by atoms with E-state index in [0.717, 1.165) is 21.9 Å². The number of halogens is 1. The van der Waals surface area contributed by atoms with E-state index in [1.807, 2.05) is 22.9 Å². The Labute approximate surface area is 120 Å². The van der Waals surface area contributed by atoms with E-state index in [4.69, 9.17) is 4.74 Å². The molecule has 2 rings (SSSR count). The normalized spacial score (nSPS) is 11.8. The second-order valence-electron chi connectivity index (χ2n) is 5.72. The van der Waals surface area contributed by atoms with Crippen LogP contribution in [0.3, 0.4) is 0 Å². The zero-order chi connectivity index (χ0) is 14.2. The van der Waals surface area contributed by atoms with Gasteiger partial charge in [0.05, 0.1) is 12.6 Å². The second-order valence-corrected chi connectivity index (χ2v) is 6.64. The lowest BCUT2D eigenvalue weighted by Crippen LogP contribution is -2.17. The third-order valence-electron chi connectivity index (χ3n) is 2.72. The molecule has 1 heterocycles. The lowest BCUT2D eigenvalue weighted by molar-refractivity contribution is 0.0594. The van der Waals surface area contributed by atoms with Crippen molar-refractivity contribution in [1.82, 2.24) is 9.78 Å². The highest BCUT2D eigenvalue weighted by molar-refractivity contribution is 9.10. The largest absolute Gasteiger partial charge is 0.464 e. The number of esters is 1. The van der Waals surface area contributed by atoms with E-state index < -0.39 is 5.97 Å². The van der Waals surface area contributed by atoms with Gasteiger partial charge in [-0.1, -0.05) is 36.7 Å². The number of hydrogen-bond donors (Lipinski definition) is 0. The fraction of sp³-hybridized carbons (Fsp3) is 0.429. The number of carbonyl (C=O) groups excluding carboxylic acids is 1. The molecule has 0 radical (unpaired) electrons. The molecule has 0 bridgehead atoms. The molecule has 2 aromatic rings. The van der Waals surface area contributed by atoms with Gasteiger partial charge in [0.1, 0.15) is 0 Å². The Morgan fingerprint density at radius 1 is 1.42 bits per heavy atom. The van der Waals surface area contributed by atoms with Gasteiger partial charge in [0.15, 0.2) is 5.69 Å². The van der Waals surface area contributed by atoms with Crippen molar-refractivity contribution in [2.75, 3.05) is 7.11 Å². The Bertz CT molecular complexity index is 626. The van der Waals surface area contributed by atoms with Gasteiger partial charge in [0.2, 0.25) is 0 Å². The molecular formula is C14H17BrN2O2. The standard InChI is InChI=1S/C14H17BrN2O2/c1-14(2,3)8-17-11-7-9(15)5-6-10(11)12(16-17)13(18)19-4/h5-7H,8H2,1-4H3. The molecule has 0 fully saturated rings. The third-order valence-corrected chi connectivity index (χ3v) is 3.21. The number of carbonyl (C=O) groups is 1. The van der Waals surface area contributed by atoms with Crippen molar-refractivity contribution in [3.8, 4) is 0 Å². The summed E-state index contributed by atoms with van der Waals surface area (Å²) in [7, 11) is 1.37. The fourth-order valence-electron chi connectivity index (χ4n) is 1.96. The average molecular weight is 325 g/mol. The molecule has 19 heavy (non-hydrogen) atoms. The molecule has 0 N–H and O–H groups in total. The van der Waals surface area contributed by atoms with Gasteiger partial charge in [0.25, 0.3) is 0 Å². The molecule has 0 unspecified atom stereocenters. The summed E-state index contributed by atoms with van der Waals surface area (Å²) < 4.78 is 7.62. The first kappa shape index (κ1) is 14.1. The molecule has 0 aliphatic heterocycles. The van der Waals surface area contributed by atoms with Gasteiger partial charge in [-0.25, -0.2) is 4.79 Å². The summed E-state index contributed by atoms with van der Waals surface area (Å²) in [5, 5.41) is 5.23. The van der Waals surface area contributed by atoms with E-state index in [1.54, 1.807) is 0 Å². The van der Waals surface area contributed by atoms with E-state index in [9.17, 15) is 4.79 Å². The van der Waals surface area contributed by atoms with Crippen molar-refractivity contribution in [3.05, 3.63) is 28.4 Å². The van der Waals surface area contributed by atoms with Gasteiger partial charge in [0, 0.05) is 16.4 Å². The minimum absolute atomic E-state index is 0.0780. The lowest BCUT2D eigenvalue weighted by Gasteiger charge is -2.18. The summed E-state index contributed by atoms with van der Waals surface area (Å²) in [5.74, 6) is -0.403. The molecule has 1 aromatic carbocycles. The van der Waals surface area contributed by atoms with Crippen molar-refractivity contribution in [3.63, 3.8) is 0 Å². The number of methoxy groups -OCH3 is 1. The summed E-state index contributed by atoms with van der Waals surface area (Å²) in [5.41, 5.74) is 1.38. The van der Waals surface area contributed by atoms with E-state index in [1.165, 1.54) is 7.11 Å². The van der Waals surface area contributed by atoms with Crippen LogP contribution in [-0.4, -0.2) is 22.9 Å². The van der Waals surface area contributed by atoms with Crippen LogP contribution in [0.1, 0.15) is 31.3 Å². The highest BCUT2D eigenvalue weighted by Crippen LogP contribution is 2.26. The van der Waals surface area contributed by atoms with Crippen molar-refractivity contribution < 1.29 is 9.53 Å². The number of ether oxygens (including phenoxy) is 1. The first-order valence-corrected chi connectivity index (χ1v) is 6.85. The summed E-state index contributed by atoms with van der Waals surface area (Å²) in [6.07, 6.45) is 0. The Morgan fingerprint density at radius 3 is 2.68 bits per heavy atom. The van der Waals surface area contributed by atoms with Crippen LogP contribution in [0.15, 0.2) is 22.7 Å². The van der Waals surface area contributed by atoms with Crippen molar-refractivity contribution in [2.45, 2.75) is 27.3 Å². The first-order valence-electron chi connectivity index (χ1n) is 6.06. The van der Waals surface area contributed by atoms with Crippen LogP contribution < -0.4 is 0 Å². The Morgan fingerprint density at radius 2 is 2.11 bits per heavy atom. The molecule has 0 aliphatic rings. The van der Waals surface area contributed by atoms with E-state index in [-0.39, 0.29) is 5.41 Å². The highest BCUT2D eigenvalue weighted by Gasteiger charge is 2.20. The number of nitrogens with zero attached hydrogens (tertiary/aromatic N) is 2. The summed E-state index contributed by atoms with van der Waals surface area (Å²) in [6, 6.07) is 5.76. The molecule has 1 aromatic heterocycles. The summed E-state index contributed by atoms with van der Waals surface area (Å²) in [6.45, 7) is 7.14. The Hall–Kier alpha value is -1.36. The van der Waals surface area contributed by atoms with Crippen LogP contribution in [0, 0.1) is 5.41 Å². The van der Waals surface area contributed by atoms with Gasteiger partial charge in [-0.05, 0) is 23.6 Å². The molecule has 0 saturated heterocycles. The van der Waals surface area contributed by atoms with Gasteiger partial charge in [-0.15, -0.1) is 0 Å². The second kappa shape index (κ2) is 4.96. The lowest BCUT2D eigenvalue weighted by atomic mass is 9.97. The van der Waals surface area contributed by atoms with Crippen LogP contribution in [0.2, 0.25) is 0 Å². The van der Waals surface area contributed by atoms with E-state index >= 15 is 0 Å². The topological polar surface area (TPSA) is 44.1 Å². The molecule has 0 saturated carbocycles. The van der Waals surface area contributed by atoms with E-state index in [2.05, 4.69) is 41.8 Å². The summed E-state index contributed by atoms with van der Waals surface area (Å²) in [4.78, 5) is 11.8. The quantitative estimate of drug-likeness (QED) is 0.792. The average Bonchev–Trinajstić information content (AvgIpc) is 2.64. The van der Waals surface area contributed by atoms with Crippen molar-refractivity contribution >= 4 is 32.8 Å². The number of hydrogen-bond acceptors (Lipinski definition) is 3. The van der Waals surface area contributed by atoms with Crippen LogP contribution in [-0.2, 0) is 11.3 Å². The summed E-state index contributed by atoms with van der Waals surface area (Å²) >= 11 is 3.45. The maximum atomic E-state index is 11.8. The maximum absolute atomic E-state index is 11.8. The predicted molar refractivity (Wildman–Crippen MR) is 78.2 cm³/mol. The smallest absolute Gasteiger partial charge is 0.359 e. The fourth-order valence-corrected chi connectivity index (χ4v) is 2.31. The van der Waals surface area contributed by atoms with Gasteiger partial charge in [-0.3, -0.25) is 4.68 Å². The minimum Gasteiger partial charge on any atom is -0.464 e. The maximum Gasteiger partial charge on any atom is 0.359 e. The molecule has 0 spiro atoms.